The third-order valence-electron chi connectivity index (χ3n) is 8.94. The zero-order valence-electron chi connectivity index (χ0n) is 35.8. The van der Waals surface area contributed by atoms with Crippen molar-refractivity contribution in [2.75, 3.05) is 19.0 Å². The van der Waals surface area contributed by atoms with Gasteiger partial charge in [-0.25, -0.2) is 0 Å². The van der Waals surface area contributed by atoms with E-state index in [4.69, 9.17) is 18.9 Å². The molecule has 2 unspecified atom stereocenters. The van der Waals surface area contributed by atoms with E-state index in [9.17, 15) is 37.9 Å². The Morgan fingerprint density at radius 2 is 1.10 bits per heavy atom. The van der Waals surface area contributed by atoms with Crippen molar-refractivity contribution in [3.8, 4) is 0 Å². The van der Waals surface area contributed by atoms with Crippen LogP contribution in [0.1, 0.15) is 117 Å². The number of ether oxygens (including phenoxy) is 4. The Balaban J connectivity index is 2.54. The Hall–Kier alpha value is -3.69. The van der Waals surface area contributed by atoms with E-state index in [1.807, 2.05) is 48.6 Å². The minimum absolute atomic E-state index is 0.118. The quantitative estimate of drug-likeness (QED) is 0.0163. The second-order valence-corrected chi connectivity index (χ2v) is 15.8. The van der Waals surface area contributed by atoms with E-state index < -0.39 is 71.2 Å². The Bertz CT molecular complexity index is 1520. The summed E-state index contributed by atoms with van der Waals surface area (Å²) in [7, 11) is -4.62. The number of aliphatic hydroxyl groups is 3. The van der Waals surface area contributed by atoms with Crippen molar-refractivity contribution in [3.05, 3.63) is 109 Å². The molecule has 1 aliphatic rings. The van der Waals surface area contributed by atoms with Crippen LogP contribution < -0.4 is 0 Å². The summed E-state index contributed by atoms with van der Waals surface area (Å²) >= 11 is 0. The Labute approximate surface area is 359 Å². The van der Waals surface area contributed by atoms with E-state index in [2.05, 4.69) is 74.6 Å². The lowest BCUT2D eigenvalue weighted by Gasteiger charge is -2.40. The fraction of sp³-hybridized carbons (Fsp3) is 0.574. The summed E-state index contributed by atoms with van der Waals surface area (Å²) in [6.45, 7) is 3.41. The average molecular weight is 861 g/mol. The molecule has 1 aliphatic heterocycles. The van der Waals surface area contributed by atoms with E-state index in [0.29, 0.717) is 19.3 Å². The lowest BCUT2D eigenvalue weighted by molar-refractivity contribution is -0.297. The number of carbonyl (C=O) groups is 2. The molecule has 6 atom stereocenters. The van der Waals surface area contributed by atoms with Gasteiger partial charge in [0.2, 0.25) is 0 Å². The molecule has 1 saturated heterocycles. The fourth-order valence-corrected chi connectivity index (χ4v) is 6.35. The van der Waals surface area contributed by atoms with Crippen molar-refractivity contribution < 1.29 is 56.8 Å². The molecule has 0 saturated carbocycles. The molecule has 0 aromatic carbocycles. The van der Waals surface area contributed by atoms with E-state index in [1.165, 1.54) is 0 Å². The molecule has 0 aliphatic carbocycles. The smallest absolute Gasteiger partial charge is 0.306 e. The van der Waals surface area contributed by atoms with E-state index in [-0.39, 0.29) is 19.4 Å². The highest BCUT2D eigenvalue weighted by molar-refractivity contribution is 7.85. The van der Waals surface area contributed by atoms with Crippen LogP contribution in [-0.2, 0) is 38.7 Å². The van der Waals surface area contributed by atoms with Crippen molar-refractivity contribution in [2.24, 2.45) is 0 Å². The summed E-state index contributed by atoms with van der Waals surface area (Å²) in [6.07, 6.45) is 40.0. The number of aliphatic hydroxyl groups excluding tert-OH is 3. The Morgan fingerprint density at radius 1 is 0.583 bits per heavy atom. The van der Waals surface area contributed by atoms with Crippen molar-refractivity contribution in [1.29, 1.82) is 0 Å². The summed E-state index contributed by atoms with van der Waals surface area (Å²) in [5, 5.41) is 30.8. The molecule has 12 nitrogen and oxygen atoms in total. The molecule has 1 heterocycles. The fourth-order valence-electron chi connectivity index (χ4n) is 5.66. The van der Waals surface area contributed by atoms with Gasteiger partial charge in [-0.3, -0.25) is 14.1 Å². The van der Waals surface area contributed by atoms with Gasteiger partial charge in [-0.1, -0.05) is 142 Å². The first-order valence-electron chi connectivity index (χ1n) is 21.5. The van der Waals surface area contributed by atoms with Crippen molar-refractivity contribution in [3.63, 3.8) is 0 Å². The molecular formula is C47H72O12S. The molecule has 13 heteroatoms. The molecule has 0 radical (unpaired) electrons. The maximum Gasteiger partial charge on any atom is 0.306 e. The first-order valence-corrected chi connectivity index (χ1v) is 23.1. The van der Waals surface area contributed by atoms with Crippen LogP contribution in [0.4, 0.5) is 0 Å². The summed E-state index contributed by atoms with van der Waals surface area (Å²) in [6, 6.07) is 0. The standard InChI is InChI=1S/C47H72O12S/c1-3-5-7-9-11-13-15-17-19-20-22-23-25-27-29-31-33-35-42(48)56-37-40(38-57-47-46(52)45(51)44(50)41(59-47)39-60(53,54)55)58-43(49)36-34-32-30-28-26-24-21-18-16-14-12-10-8-6-4-2/h5-8,10-14,16-19,21-23,27,29,40-41,44-47,50-52H,3-4,9,15,20,24-26,28,30-39H2,1-2H3,(H,53,54,55)/b7-5+,8-6+,12-10+,13-11+,16-14+,19-17+,21-18+,23-22+,29-27+/t40-,41-,44-,45?,46?,47+/m1/s1. The second-order valence-electron chi connectivity index (χ2n) is 14.3. The molecular weight excluding hydrogens is 789 g/mol. The van der Waals surface area contributed by atoms with Crippen molar-refractivity contribution in [2.45, 2.75) is 153 Å². The van der Waals surface area contributed by atoms with Crippen LogP contribution in [0.3, 0.4) is 0 Å². The Kier molecular flexibility index (Phi) is 32.6. The first-order chi connectivity index (χ1) is 29.0. The normalized spacial score (nSPS) is 21.2. The molecule has 1 rings (SSSR count). The predicted octanol–water partition coefficient (Wildman–Crippen LogP) is 8.44. The van der Waals surface area contributed by atoms with Crippen LogP contribution >= 0.6 is 0 Å². The molecule has 60 heavy (non-hydrogen) atoms. The lowest BCUT2D eigenvalue weighted by atomic mass is 10.00. The number of carbonyl (C=O) groups excluding carboxylic acids is 2. The van der Waals surface area contributed by atoms with Gasteiger partial charge in [-0.05, 0) is 70.6 Å². The van der Waals surface area contributed by atoms with Crippen LogP contribution in [0, 0.1) is 0 Å². The molecule has 0 spiro atoms. The second kappa shape index (κ2) is 36.0. The van der Waals surface area contributed by atoms with Gasteiger partial charge >= 0.3 is 11.9 Å². The summed E-state index contributed by atoms with van der Waals surface area (Å²) < 4.78 is 53.9. The highest BCUT2D eigenvalue weighted by Crippen LogP contribution is 2.24. The maximum absolute atomic E-state index is 12.8. The van der Waals surface area contributed by atoms with Crippen LogP contribution in [0.15, 0.2) is 109 Å². The maximum atomic E-state index is 12.8. The van der Waals surface area contributed by atoms with Crippen LogP contribution in [-0.4, -0.2) is 96.0 Å². The van der Waals surface area contributed by atoms with Gasteiger partial charge in [0.1, 0.15) is 36.8 Å². The van der Waals surface area contributed by atoms with Gasteiger partial charge in [0.05, 0.1) is 6.61 Å². The monoisotopic (exact) mass is 860 g/mol. The van der Waals surface area contributed by atoms with Crippen molar-refractivity contribution >= 4 is 22.1 Å². The number of hydrogen-bond donors (Lipinski definition) is 4. The van der Waals surface area contributed by atoms with Crippen LogP contribution in [0.5, 0.6) is 0 Å². The summed E-state index contributed by atoms with van der Waals surface area (Å²) in [5.41, 5.74) is 0. The molecule has 4 N–H and O–H groups in total. The van der Waals surface area contributed by atoms with Crippen molar-refractivity contribution in [1.82, 2.24) is 0 Å². The van der Waals surface area contributed by atoms with E-state index in [0.717, 1.165) is 70.6 Å². The van der Waals surface area contributed by atoms with Gasteiger partial charge in [-0.15, -0.1) is 0 Å². The minimum Gasteiger partial charge on any atom is -0.462 e. The highest BCUT2D eigenvalue weighted by Gasteiger charge is 2.46. The van der Waals surface area contributed by atoms with Gasteiger partial charge in [-0.2, -0.15) is 8.42 Å². The zero-order valence-corrected chi connectivity index (χ0v) is 36.6. The van der Waals surface area contributed by atoms with Crippen LogP contribution in [0.2, 0.25) is 0 Å². The molecule has 0 amide bonds. The van der Waals surface area contributed by atoms with E-state index >= 15 is 0 Å². The largest absolute Gasteiger partial charge is 0.462 e. The molecule has 0 aromatic heterocycles. The first kappa shape index (κ1) is 54.3. The Morgan fingerprint density at radius 3 is 1.72 bits per heavy atom. The molecule has 0 bridgehead atoms. The van der Waals surface area contributed by atoms with Gasteiger partial charge in [0, 0.05) is 12.8 Å². The SMILES string of the molecule is CC/C=C/C=C/C=C/C=C/CCCCCCCC(=O)O[C@H](COC(=O)CCC/C=C/C/C=C/C/C=C/C/C=C/C/C=C/CC)CO[C@H]1O[C@H](CS(=O)(=O)O)[C@@H](O)C(O)C1O. The lowest BCUT2D eigenvalue weighted by Crippen LogP contribution is -2.60. The van der Waals surface area contributed by atoms with Gasteiger partial charge in [0.25, 0.3) is 10.1 Å². The highest BCUT2D eigenvalue weighted by atomic mass is 32.2. The molecule has 338 valence electrons. The average Bonchev–Trinajstić information content (AvgIpc) is 3.21. The number of rotatable bonds is 33. The molecule has 0 aromatic rings. The number of allylic oxidation sites excluding steroid dienone is 18. The zero-order chi connectivity index (χ0) is 44.1. The number of esters is 2. The topological polar surface area (TPSA) is 186 Å². The van der Waals surface area contributed by atoms with Gasteiger partial charge < -0.3 is 34.3 Å². The summed E-state index contributed by atoms with van der Waals surface area (Å²) in [4.78, 5) is 25.4. The van der Waals surface area contributed by atoms with E-state index in [1.54, 1.807) is 0 Å². The number of unbranched alkanes of at least 4 members (excludes halogenated alkanes) is 6. The summed E-state index contributed by atoms with van der Waals surface area (Å²) in [5.74, 6) is -2.11. The third kappa shape index (κ3) is 30.4. The van der Waals surface area contributed by atoms with Gasteiger partial charge in [0.15, 0.2) is 12.4 Å². The minimum atomic E-state index is -4.62. The number of hydrogen-bond acceptors (Lipinski definition) is 11. The third-order valence-corrected chi connectivity index (χ3v) is 9.69. The predicted molar refractivity (Wildman–Crippen MR) is 237 cm³/mol. The molecule has 1 fully saturated rings. The van der Waals surface area contributed by atoms with Crippen LogP contribution in [0.25, 0.3) is 0 Å².